The first-order valence-electron chi connectivity index (χ1n) is 13.5. The molecule has 0 radical (unpaired) electrons. The molecule has 3 N–H and O–H groups in total. The van der Waals surface area contributed by atoms with E-state index >= 15 is 0 Å². The Morgan fingerprint density at radius 2 is 1.78 bits per heavy atom. The molecular formula is C30H36F2N2O7. The molecule has 3 rings (SSSR count). The van der Waals surface area contributed by atoms with Gasteiger partial charge in [-0.1, -0.05) is 60.7 Å². The number of allylic oxidation sites excluding steroid dienone is 2. The van der Waals surface area contributed by atoms with Crippen LogP contribution in [0.3, 0.4) is 0 Å². The number of carbonyl (C=O) groups excluding carboxylic acids is 1. The standard InChI is InChI=1S/C30H36F2N2O7/c31-30(32,21-40-24-8-4-3-5-9-24)17-16-26-25(27(35)18-28(26)36)10-6-1-2-7-11-29(37)33-19-22-12-14-23(15-13-22)20-41-34(38)39/h1,3-6,8-9,12-17,25-28,35-36H,2,7,10-11,18-21H2,(H,33,37)/b6-1-,17-16+/t25-,26-,27+,28-/m1/s1. The molecular weight excluding hydrogens is 538 g/mol. The van der Waals surface area contributed by atoms with Gasteiger partial charge in [-0.25, -0.2) is 0 Å². The summed E-state index contributed by atoms with van der Waals surface area (Å²) in [6, 6.07) is 15.2. The summed E-state index contributed by atoms with van der Waals surface area (Å²) in [6.45, 7) is -0.630. The van der Waals surface area contributed by atoms with Gasteiger partial charge in [0, 0.05) is 25.3 Å². The summed E-state index contributed by atoms with van der Waals surface area (Å²) in [5.74, 6) is -4.02. The SMILES string of the molecule is O=C(CCC/C=C\C[C@@H]1[C@@H](/C=C/C(F)(F)COc2ccccc2)[C@H](O)C[C@@H]1O)NCc1ccc(CO[N+](=O)[O-])cc1. The van der Waals surface area contributed by atoms with Crippen LogP contribution < -0.4 is 10.1 Å². The van der Waals surface area contributed by atoms with Crippen molar-refractivity contribution in [2.75, 3.05) is 6.61 Å². The van der Waals surface area contributed by atoms with Gasteiger partial charge < -0.3 is 25.1 Å². The van der Waals surface area contributed by atoms with Gasteiger partial charge in [0.2, 0.25) is 5.91 Å². The predicted octanol–water partition coefficient (Wildman–Crippen LogP) is 4.76. The van der Waals surface area contributed by atoms with E-state index in [0.29, 0.717) is 43.5 Å². The smallest absolute Gasteiger partial charge is 0.299 e. The number of para-hydroxylation sites is 1. The largest absolute Gasteiger partial charge is 0.487 e. The Hall–Kier alpha value is -3.83. The number of aliphatic hydroxyl groups is 2. The van der Waals surface area contributed by atoms with Crippen LogP contribution in [0.5, 0.6) is 5.75 Å². The highest BCUT2D eigenvalue weighted by Gasteiger charge is 2.40. The number of amides is 1. The highest BCUT2D eigenvalue weighted by molar-refractivity contribution is 5.75. The first-order valence-corrected chi connectivity index (χ1v) is 13.5. The third-order valence-corrected chi connectivity index (χ3v) is 6.85. The predicted molar refractivity (Wildman–Crippen MR) is 147 cm³/mol. The summed E-state index contributed by atoms with van der Waals surface area (Å²) in [7, 11) is 0. The molecule has 2 aromatic rings. The van der Waals surface area contributed by atoms with Gasteiger partial charge in [0.25, 0.3) is 11.0 Å². The number of nitrogens with zero attached hydrogens (tertiary/aromatic N) is 1. The molecule has 2 aromatic carbocycles. The van der Waals surface area contributed by atoms with Gasteiger partial charge in [-0.2, -0.15) is 8.78 Å². The van der Waals surface area contributed by atoms with Crippen molar-refractivity contribution in [3.63, 3.8) is 0 Å². The maximum atomic E-state index is 14.4. The molecule has 0 aliphatic heterocycles. The lowest BCUT2D eigenvalue weighted by molar-refractivity contribution is -0.763. The number of alkyl halides is 2. The molecule has 0 heterocycles. The maximum absolute atomic E-state index is 14.4. The van der Waals surface area contributed by atoms with Gasteiger partial charge in [-0.15, -0.1) is 10.1 Å². The van der Waals surface area contributed by atoms with Crippen molar-refractivity contribution in [2.24, 2.45) is 11.8 Å². The fourth-order valence-electron chi connectivity index (χ4n) is 4.62. The minimum atomic E-state index is -3.23. The number of ether oxygens (including phenoxy) is 1. The van der Waals surface area contributed by atoms with Gasteiger partial charge in [0.15, 0.2) is 6.61 Å². The van der Waals surface area contributed by atoms with Crippen molar-refractivity contribution in [1.82, 2.24) is 5.32 Å². The zero-order chi connectivity index (χ0) is 29.7. The number of rotatable bonds is 16. The second kappa shape index (κ2) is 15.8. The van der Waals surface area contributed by atoms with E-state index in [4.69, 9.17) is 4.74 Å². The van der Waals surface area contributed by atoms with E-state index < -0.39 is 41.7 Å². The molecule has 0 bridgehead atoms. The molecule has 222 valence electrons. The van der Waals surface area contributed by atoms with E-state index in [1.165, 1.54) is 6.08 Å². The third-order valence-electron chi connectivity index (χ3n) is 6.85. The molecule has 9 nitrogen and oxygen atoms in total. The summed E-state index contributed by atoms with van der Waals surface area (Å²) in [6.07, 6.45) is 6.12. The number of benzene rings is 2. The van der Waals surface area contributed by atoms with E-state index in [2.05, 4.69) is 10.2 Å². The van der Waals surface area contributed by atoms with E-state index in [1.807, 2.05) is 12.2 Å². The van der Waals surface area contributed by atoms with Crippen LogP contribution in [0.15, 0.2) is 78.9 Å². The molecule has 1 amide bonds. The number of hydrogen-bond donors (Lipinski definition) is 3. The molecule has 4 atom stereocenters. The Labute approximate surface area is 237 Å². The fourth-order valence-corrected chi connectivity index (χ4v) is 4.62. The van der Waals surface area contributed by atoms with Gasteiger partial charge in [-0.05, 0) is 54.5 Å². The molecule has 1 aliphatic rings. The monoisotopic (exact) mass is 574 g/mol. The summed E-state index contributed by atoms with van der Waals surface area (Å²) >= 11 is 0. The summed E-state index contributed by atoms with van der Waals surface area (Å²) in [5.41, 5.74) is 1.50. The Morgan fingerprint density at radius 1 is 1.07 bits per heavy atom. The van der Waals surface area contributed by atoms with Gasteiger partial charge >= 0.3 is 0 Å². The highest BCUT2D eigenvalue weighted by Crippen LogP contribution is 2.37. The lowest BCUT2D eigenvalue weighted by Gasteiger charge is -2.20. The number of carbonyl (C=O) groups is 1. The zero-order valence-electron chi connectivity index (χ0n) is 22.6. The number of halogens is 2. The normalized spacial score (nSPS) is 20.9. The molecule has 1 aliphatic carbocycles. The number of aliphatic hydroxyl groups excluding tert-OH is 2. The number of hydrogen-bond acceptors (Lipinski definition) is 7. The molecule has 0 spiro atoms. The quantitative estimate of drug-likeness (QED) is 0.114. The Balaban J connectivity index is 1.36. The maximum Gasteiger partial charge on any atom is 0.299 e. The molecule has 11 heteroatoms. The Bertz CT molecular complexity index is 1160. The van der Waals surface area contributed by atoms with Crippen molar-refractivity contribution in [2.45, 2.75) is 63.4 Å². The molecule has 1 fully saturated rings. The first kappa shape index (κ1) is 31.7. The van der Waals surface area contributed by atoms with Crippen molar-refractivity contribution < 1.29 is 38.4 Å². The summed E-state index contributed by atoms with van der Waals surface area (Å²) in [4.78, 5) is 26.7. The fraction of sp³-hybridized carbons (Fsp3) is 0.433. The lowest BCUT2D eigenvalue weighted by Crippen LogP contribution is -2.25. The average molecular weight is 575 g/mol. The van der Waals surface area contributed by atoms with E-state index in [0.717, 1.165) is 11.6 Å². The van der Waals surface area contributed by atoms with Crippen molar-refractivity contribution >= 4 is 5.91 Å². The Kier molecular flexibility index (Phi) is 12.2. The van der Waals surface area contributed by atoms with Crippen molar-refractivity contribution in [3.05, 3.63) is 100 Å². The minimum absolute atomic E-state index is 0.115. The van der Waals surface area contributed by atoms with Crippen LogP contribution in [-0.2, 0) is 22.8 Å². The molecule has 41 heavy (non-hydrogen) atoms. The van der Waals surface area contributed by atoms with Crippen LogP contribution in [0.25, 0.3) is 0 Å². The highest BCUT2D eigenvalue weighted by atomic mass is 19.3. The minimum Gasteiger partial charge on any atom is -0.487 e. The Morgan fingerprint density at radius 3 is 2.49 bits per heavy atom. The van der Waals surface area contributed by atoms with Crippen molar-refractivity contribution in [3.8, 4) is 5.75 Å². The van der Waals surface area contributed by atoms with E-state index in [9.17, 15) is 33.9 Å². The van der Waals surface area contributed by atoms with Gasteiger partial charge in [-0.3, -0.25) is 4.79 Å². The van der Waals surface area contributed by atoms with Crippen molar-refractivity contribution in [1.29, 1.82) is 0 Å². The second-order valence-electron chi connectivity index (χ2n) is 10.0. The average Bonchev–Trinajstić information content (AvgIpc) is 3.23. The molecule has 0 saturated heterocycles. The van der Waals surface area contributed by atoms with Gasteiger partial charge in [0.05, 0.1) is 12.2 Å². The topological polar surface area (TPSA) is 131 Å². The molecule has 0 unspecified atom stereocenters. The van der Waals surface area contributed by atoms with Crippen LogP contribution in [0.4, 0.5) is 8.78 Å². The van der Waals surface area contributed by atoms with E-state index in [-0.39, 0.29) is 18.9 Å². The second-order valence-corrected chi connectivity index (χ2v) is 10.0. The molecule has 0 aromatic heterocycles. The third kappa shape index (κ3) is 11.3. The van der Waals surface area contributed by atoms with Crippen LogP contribution in [0, 0.1) is 22.0 Å². The van der Waals surface area contributed by atoms with Crippen LogP contribution in [0.2, 0.25) is 0 Å². The van der Waals surface area contributed by atoms with Crippen LogP contribution in [-0.4, -0.2) is 45.9 Å². The summed E-state index contributed by atoms with van der Waals surface area (Å²) < 4.78 is 33.9. The number of nitrogens with one attached hydrogen (secondary N) is 1. The van der Waals surface area contributed by atoms with Crippen LogP contribution >= 0.6 is 0 Å². The number of unbranched alkanes of at least 4 members (excludes halogenated alkanes) is 1. The molecule has 1 saturated carbocycles. The zero-order valence-corrected chi connectivity index (χ0v) is 22.6. The van der Waals surface area contributed by atoms with E-state index in [1.54, 1.807) is 54.6 Å². The van der Waals surface area contributed by atoms with Gasteiger partial charge in [0.1, 0.15) is 12.4 Å². The van der Waals surface area contributed by atoms with Crippen LogP contribution in [0.1, 0.15) is 43.2 Å². The lowest BCUT2D eigenvalue weighted by atomic mass is 9.89. The summed E-state index contributed by atoms with van der Waals surface area (Å²) in [5, 5.41) is 32.9. The first-order chi connectivity index (χ1) is 19.6.